The van der Waals surface area contributed by atoms with Crippen LogP contribution in [0.2, 0.25) is 0 Å². The first-order chi connectivity index (χ1) is 10.5. The van der Waals surface area contributed by atoms with Crippen LogP contribution in [0.5, 0.6) is 0 Å². The van der Waals surface area contributed by atoms with E-state index in [0.717, 1.165) is 25.9 Å². The van der Waals surface area contributed by atoms with Crippen molar-refractivity contribution in [2.24, 2.45) is 5.92 Å². The van der Waals surface area contributed by atoms with Gasteiger partial charge in [0.2, 0.25) is 0 Å². The Morgan fingerprint density at radius 3 is 2.32 bits per heavy atom. The van der Waals surface area contributed by atoms with Crippen LogP contribution in [-0.4, -0.2) is 36.5 Å². The predicted molar refractivity (Wildman–Crippen MR) is 85.8 cm³/mol. The van der Waals surface area contributed by atoms with Crippen LogP contribution in [0.1, 0.15) is 55.5 Å². The minimum absolute atomic E-state index is 0.0981. The molecule has 4 heteroatoms. The number of carbonyl (C=O) groups is 2. The minimum atomic E-state index is -0.436. The molecule has 0 bridgehead atoms. The average Bonchev–Trinajstić information content (AvgIpc) is 2.53. The SMILES string of the molecule is CC1CCN(C(=O)COC(=O)c2ccc(C(C)C)cc2)CC1. The summed E-state index contributed by atoms with van der Waals surface area (Å²) in [5, 5.41) is 0. The third kappa shape index (κ3) is 4.33. The summed E-state index contributed by atoms with van der Waals surface area (Å²) in [6.07, 6.45) is 2.05. The Balaban J connectivity index is 1.83. The van der Waals surface area contributed by atoms with Gasteiger partial charge in [0.05, 0.1) is 5.56 Å². The van der Waals surface area contributed by atoms with Gasteiger partial charge in [-0.2, -0.15) is 0 Å². The van der Waals surface area contributed by atoms with Crippen LogP contribution in [0.3, 0.4) is 0 Å². The normalized spacial score (nSPS) is 15.9. The molecular weight excluding hydrogens is 278 g/mol. The molecule has 120 valence electrons. The first-order valence-electron chi connectivity index (χ1n) is 8.02. The molecule has 4 nitrogen and oxygen atoms in total. The van der Waals surface area contributed by atoms with Gasteiger partial charge in [-0.1, -0.05) is 32.9 Å². The molecule has 1 heterocycles. The summed E-state index contributed by atoms with van der Waals surface area (Å²) in [5.74, 6) is 0.562. The van der Waals surface area contributed by atoms with Gasteiger partial charge in [-0.3, -0.25) is 4.79 Å². The maximum absolute atomic E-state index is 12.0. The first kappa shape index (κ1) is 16.5. The number of hydrogen-bond acceptors (Lipinski definition) is 3. The summed E-state index contributed by atoms with van der Waals surface area (Å²) in [7, 11) is 0. The van der Waals surface area contributed by atoms with Crippen molar-refractivity contribution in [2.45, 2.75) is 39.5 Å². The van der Waals surface area contributed by atoms with Crippen molar-refractivity contribution in [1.29, 1.82) is 0 Å². The molecule has 0 spiro atoms. The molecule has 1 aliphatic heterocycles. The van der Waals surface area contributed by atoms with E-state index in [2.05, 4.69) is 20.8 Å². The molecule has 0 aliphatic carbocycles. The lowest BCUT2D eigenvalue weighted by Gasteiger charge is -2.30. The number of likely N-dealkylation sites (tertiary alicyclic amines) is 1. The van der Waals surface area contributed by atoms with Crippen molar-refractivity contribution < 1.29 is 14.3 Å². The van der Waals surface area contributed by atoms with Gasteiger partial charge >= 0.3 is 5.97 Å². The standard InChI is InChI=1S/C18H25NO3/c1-13(2)15-4-6-16(7-5-15)18(21)22-12-17(20)19-10-8-14(3)9-11-19/h4-7,13-14H,8-12H2,1-3H3. The third-order valence-corrected chi connectivity index (χ3v) is 4.28. The van der Waals surface area contributed by atoms with Crippen molar-refractivity contribution >= 4 is 11.9 Å². The zero-order valence-electron chi connectivity index (χ0n) is 13.7. The Morgan fingerprint density at radius 2 is 1.77 bits per heavy atom. The van der Waals surface area contributed by atoms with Gasteiger partial charge in [-0.15, -0.1) is 0 Å². The average molecular weight is 303 g/mol. The van der Waals surface area contributed by atoms with E-state index in [1.165, 1.54) is 5.56 Å². The van der Waals surface area contributed by atoms with Gasteiger partial charge in [0.25, 0.3) is 5.91 Å². The van der Waals surface area contributed by atoms with Gasteiger partial charge in [0.1, 0.15) is 0 Å². The number of hydrogen-bond donors (Lipinski definition) is 0. The van der Waals surface area contributed by atoms with Crippen molar-refractivity contribution in [2.75, 3.05) is 19.7 Å². The molecule has 1 aromatic carbocycles. The monoisotopic (exact) mass is 303 g/mol. The number of carbonyl (C=O) groups excluding carboxylic acids is 2. The highest BCUT2D eigenvalue weighted by Gasteiger charge is 2.21. The summed E-state index contributed by atoms with van der Waals surface area (Å²) in [4.78, 5) is 25.8. The number of rotatable bonds is 4. The number of esters is 1. The summed E-state index contributed by atoms with van der Waals surface area (Å²) >= 11 is 0. The second-order valence-electron chi connectivity index (χ2n) is 6.42. The predicted octanol–water partition coefficient (Wildman–Crippen LogP) is 3.23. The zero-order valence-corrected chi connectivity index (χ0v) is 13.7. The van der Waals surface area contributed by atoms with Crippen LogP contribution < -0.4 is 0 Å². The number of nitrogens with zero attached hydrogens (tertiary/aromatic N) is 1. The van der Waals surface area contributed by atoms with Crippen LogP contribution in [0, 0.1) is 5.92 Å². The Kier molecular flexibility index (Phi) is 5.58. The molecule has 0 radical (unpaired) electrons. The number of ether oxygens (including phenoxy) is 1. The van der Waals surface area contributed by atoms with Crippen LogP contribution in [0.4, 0.5) is 0 Å². The molecule has 1 fully saturated rings. The van der Waals surface area contributed by atoms with Gasteiger partial charge in [-0.25, -0.2) is 4.79 Å². The van der Waals surface area contributed by atoms with E-state index in [-0.39, 0.29) is 12.5 Å². The smallest absolute Gasteiger partial charge is 0.338 e. The van der Waals surface area contributed by atoms with E-state index >= 15 is 0 Å². The Labute approximate surface area is 132 Å². The fourth-order valence-electron chi connectivity index (χ4n) is 2.56. The fraction of sp³-hybridized carbons (Fsp3) is 0.556. The molecule has 0 atom stereocenters. The summed E-state index contributed by atoms with van der Waals surface area (Å²) in [6.45, 7) is 7.76. The second-order valence-corrected chi connectivity index (χ2v) is 6.42. The van der Waals surface area contributed by atoms with Crippen LogP contribution in [0.15, 0.2) is 24.3 Å². The van der Waals surface area contributed by atoms with Crippen molar-refractivity contribution in [1.82, 2.24) is 4.90 Å². The largest absolute Gasteiger partial charge is 0.452 e. The highest BCUT2D eigenvalue weighted by molar-refractivity contribution is 5.91. The topological polar surface area (TPSA) is 46.6 Å². The first-order valence-corrected chi connectivity index (χ1v) is 8.02. The molecule has 1 aromatic rings. The molecule has 1 aliphatic rings. The molecular formula is C18H25NO3. The van der Waals surface area contributed by atoms with E-state index in [0.29, 0.717) is 17.4 Å². The minimum Gasteiger partial charge on any atom is -0.452 e. The lowest BCUT2D eigenvalue weighted by molar-refractivity contribution is -0.135. The van der Waals surface area contributed by atoms with E-state index in [4.69, 9.17) is 4.74 Å². The van der Waals surface area contributed by atoms with Gasteiger partial charge < -0.3 is 9.64 Å². The summed E-state index contributed by atoms with van der Waals surface area (Å²) < 4.78 is 5.14. The van der Waals surface area contributed by atoms with E-state index in [9.17, 15) is 9.59 Å². The molecule has 22 heavy (non-hydrogen) atoms. The zero-order chi connectivity index (χ0) is 16.1. The Hall–Kier alpha value is -1.84. The number of piperidine rings is 1. The number of amides is 1. The maximum Gasteiger partial charge on any atom is 0.338 e. The molecule has 2 rings (SSSR count). The molecule has 0 saturated carbocycles. The van der Waals surface area contributed by atoms with E-state index in [1.807, 2.05) is 12.1 Å². The lowest BCUT2D eigenvalue weighted by atomic mass is 9.99. The fourth-order valence-corrected chi connectivity index (χ4v) is 2.56. The van der Waals surface area contributed by atoms with Crippen LogP contribution in [-0.2, 0) is 9.53 Å². The van der Waals surface area contributed by atoms with Crippen LogP contribution in [0.25, 0.3) is 0 Å². The van der Waals surface area contributed by atoms with Crippen LogP contribution >= 0.6 is 0 Å². The van der Waals surface area contributed by atoms with Crippen molar-refractivity contribution in [3.8, 4) is 0 Å². The summed E-state index contributed by atoms with van der Waals surface area (Å²) in [6, 6.07) is 7.36. The molecule has 0 N–H and O–H groups in total. The highest BCUT2D eigenvalue weighted by atomic mass is 16.5. The molecule has 0 unspecified atom stereocenters. The molecule has 0 aromatic heterocycles. The highest BCUT2D eigenvalue weighted by Crippen LogP contribution is 2.17. The Bertz CT molecular complexity index is 514. The Morgan fingerprint density at radius 1 is 1.18 bits per heavy atom. The third-order valence-electron chi connectivity index (χ3n) is 4.28. The number of benzene rings is 1. The molecule has 1 amide bonds. The maximum atomic E-state index is 12.0. The molecule has 1 saturated heterocycles. The van der Waals surface area contributed by atoms with E-state index in [1.54, 1.807) is 17.0 Å². The lowest BCUT2D eigenvalue weighted by Crippen LogP contribution is -2.40. The van der Waals surface area contributed by atoms with Gasteiger partial charge in [0.15, 0.2) is 6.61 Å². The van der Waals surface area contributed by atoms with Crippen molar-refractivity contribution in [3.05, 3.63) is 35.4 Å². The second kappa shape index (κ2) is 7.43. The quantitative estimate of drug-likeness (QED) is 0.802. The van der Waals surface area contributed by atoms with E-state index < -0.39 is 5.97 Å². The summed E-state index contributed by atoms with van der Waals surface area (Å²) in [5.41, 5.74) is 1.67. The van der Waals surface area contributed by atoms with Crippen molar-refractivity contribution in [3.63, 3.8) is 0 Å². The van der Waals surface area contributed by atoms with Gasteiger partial charge in [0, 0.05) is 13.1 Å². The van der Waals surface area contributed by atoms with Gasteiger partial charge in [-0.05, 0) is 42.4 Å².